The largest absolute Gasteiger partial charge is 0.392 e. The molecule has 0 aromatic heterocycles. The van der Waals surface area contributed by atoms with Crippen LogP contribution in [0.3, 0.4) is 0 Å². The molecule has 0 bridgehead atoms. The van der Waals surface area contributed by atoms with E-state index in [1.807, 2.05) is 0 Å². The number of anilines is 1. The third-order valence-electron chi connectivity index (χ3n) is 3.29. The number of carbonyl (C=O) groups is 1. The summed E-state index contributed by atoms with van der Waals surface area (Å²) in [6, 6.07) is 3.79. The van der Waals surface area contributed by atoms with Crippen molar-refractivity contribution in [3.05, 3.63) is 29.0 Å². The van der Waals surface area contributed by atoms with Gasteiger partial charge in [0.15, 0.2) is 0 Å². The van der Waals surface area contributed by atoms with Crippen molar-refractivity contribution in [3.8, 4) is 0 Å². The van der Waals surface area contributed by atoms with Crippen molar-refractivity contribution in [2.45, 2.75) is 19.3 Å². The van der Waals surface area contributed by atoms with Crippen LogP contribution in [0.1, 0.15) is 19.3 Å². The van der Waals surface area contributed by atoms with E-state index in [1.54, 1.807) is 0 Å². The lowest BCUT2D eigenvalue weighted by atomic mass is 9.68. The summed E-state index contributed by atoms with van der Waals surface area (Å²) >= 11 is 10.8. The fraction of sp³-hybridized carbons (Fsp3) is 0.333. The number of amides is 1. The average molecular weight is 287 g/mol. The molecule has 0 unspecified atom stereocenters. The number of nitrogens with two attached hydrogens (primary N) is 1. The topological polar surface area (TPSA) is 55.1 Å². The van der Waals surface area contributed by atoms with Crippen LogP contribution in [-0.2, 0) is 4.79 Å². The molecular formula is C12H12ClFN2OS. The predicted octanol–water partition coefficient (Wildman–Crippen LogP) is 2.87. The summed E-state index contributed by atoms with van der Waals surface area (Å²) in [6.45, 7) is 0. The molecule has 0 aliphatic heterocycles. The van der Waals surface area contributed by atoms with Gasteiger partial charge in [0.05, 0.1) is 21.1 Å². The van der Waals surface area contributed by atoms with Crippen molar-refractivity contribution in [1.29, 1.82) is 0 Å². The van der Waals surface area contributed by atoms with E-state index < -0.39 is 11.2 Å². The maximum Gasteiger partial charge on any atom is 0.237 e. The lowest BCUT2D eigenvalue weighted by Crippen LogP contribution is -2.50. The van der Waals surface area contributed by atoms with Crippen molar-refractivity contribution in [3.63, 3.8) is 0 Å². The average Bonchev–Trinajstić information content (AvgIpc) is 2.21. The monoisotopic (exact) mass is 286 g/mol. The van der Waals surface area contributed by atoms with Crippen molar-refractivity contribution in [1.82, 2.24) is 0 Å². The Morgan fingerprint density at radius 2 is 2.17 bits per heavy atom. The molecule has 3 nitrogen and oxygen atoms in total. The Labute approximate surface area is 114 Å². The van der Waals surface area contributed by atoms with E-state index in [9.17, 15) is 9.18 Å². The molecule has 1 saturated carbocycles. The third-order valence-corrected chi connectivity index (χ3v) is 4.01. The van der Waals surface area contributed by atoms with Gasteiger partial charge in [-0.1, -0.05) is 30.2 Å². The first kappa shape index (κ1) is 13.2. The van der Waals surface area contributed by atoms with Crippen LogP contribution in [0, 0.1) is 11.2 Å². The van der Waals surface area contributed by atoms with Crippen LogP contribution in [0.5, 0.6) is 0 Å². The molecule has 0 atom stereocenters. The molecule has 0 spiro atoms. The molecular weight excluding hydrogens is 275 g/mol. The molecule has 2 rings (SSSR count). The van der Waals surface area contributed by atoms with Gasteiger partial charge in [-0.2, -0.15) is 0 Å². The summed E-state index contributed by atoms with van der Waals surface area (Å²) in [6.07, 6.45) is 2.16. The normalized spacial score (nSPS) is 16.8. The molecule has 18 heavy (non-hydrogen) atoms. The predicted molar refractivity (Wildman–Crippen MR) is 73.1 cm³/mol. The van der Waals surface area contributed by atoms with Crippen molar-refractivity contribution in [2.24, 2.45) is 11.1 Å². The highest BCUT2D eigenvalue weighted by atomic mass is 35.5. The molecule has 96 valence electrons. The Hall–Kier alpha value is -1.20. The molecule has 0 heterocycles. The number of hydrogen-bond donors (Lipinski definition) is 2. The molecule has 1 amide bonds. The highest BCUT2D eigenvalue weighted by Gasteiger charge is 2.47. The van der Waals surface area contributed by atoms with E-state index in [1.165, 1.54) is 18.2 Å². The maximum absolute atomic E-state index is 13.1. The van der Waals surface area contributed by atoms with Gasteiger partial charge in [0.2, 0.25) is 5.91 Å². The maximum atomic E-state index is 13.1. The first-order chi connectivity index (χ1) is 8.45. The zero-order chi connectivity index (χ0) is 13.3. The number of halogens is 2. The number of nitrogens with one attached hydrogen (secondary N) is 1. The van der Waals surface area contributed by atoms with E-state index in [0.29, 0.717) is 12.8 Å². The molecule has 6 heteroatoms. The van der Waals surface area contributed by atoms with Gasteiger partial charge in [0.1, 0.15) is 5.82 Å². The van der Waals surface area contributed by atoms with Crippen LogP contribution >= 0.6 is 23.8 Å². The lowest BCUT2D eigenvalue weighted by Gasteiger charge is -2.39. The zero-order valence-corrected chi connectivity index (χ0v) is 11.1. The molecule has 1 aliphatic rings. The second kappa shape index (κ2) is 4.82. The molecule has 0 saturated heterocycles. The van der Waals surface area contributed by atoms with Crippen molar-refractivity contribution >= 4 is 40.4 Å². The van der Waals surface area contributed by atoms with Crippen LogP contribution in [0.4, 0.5) is 10.1 Å². The summed E-state index contributed by atoms with van der Waals surface area (Å²) in [5.74, 6) is -0.776. The van der Waals surface area contributed by atoms with Crippen molar-refractivity contribution < 1.29 is 9.18 Å². The van der Waals surface area contributed by atoms with Crippen LogP contribution < -0.4 is 11.1 Å². The molecule has 1 aromatic carbocycles. The molecule has 1 aliphatic carbocycles. The smallest absolute Gasteiger partial charge is 0.237 e. The molecule has 1 aromatic rings. The van der Waals surface area contributed by atoms with Crippen molar-refractivity contribution in [2.75, 3.05) is 5.32 Å². The van der Waals surface area contributed by atoms with Gasteiger partial charge in [-0.05, 0) is 31.0 Å². The third kappa shape index (κ3) is 2.20. The minimum atomic E-state index is -0.801. The Morgan fingerprint density at radius 1 is 1.50 bits per heavy atom. The lowest BCUT2D eigenvalue weighted by molar-refractivity contribution is -0.125. The Bertz CT molecular complexity index is 517. The van der Waals surface area contributed by atoms with Gasteiger partial charge in [0.25, 0.3) is 0 Å². The van der Waals surface area contributed by atoms with Crippen LogP contribution in [0.25, 0.3) is 0 Å². The summed E-state index contributed by atoms with van der Waals surface area (Å²) in [7, 11) is 0. The standard InChI is InChI=1S/C12H12ClFN2OS/c13-8-3-2-7(14)6-9(8)16-11(17)12(10(15)18)4-1-5-12/h2-3,6H,1,4-5H2,(H2,15,18)(H,16,17). The van der Waals surface area contributed by atoms with Crippen LogP contribution in [0.15, 0.2) is 18.2 Å². The van der Waals surface area contributed by atoms with Crippen LogP contribution in [-0.4, -0.2) is 10.9 Å². The van der Waals surface area contributed by atoms with E-state index in [-0.39, 0.29) is 21.6 Å². The fourth-order valence-electron chi connectivity index (χ4n) is 1.95. The van der Waals surface area contributed by atoms with E-state index in [2.05, 4.69) is 5.32 Å². The quantitative estimate of drug-likeness (QED) is 0.840. The number of thiocarbonyl (C=S) groups is 1. The summed E-state index contributed by atoms with van der Waals surface area (Å²) < 4.78 is 13.1. The number of hydrogen-bond acceptors (Lipinski definition) is 2. The Kier molecular flexibility index (Phi) is 3.54. The first-order valence-electron chi connectivity index (χ1n) is 5.52. The van der Waals surface area contributed by atoms with E-state index in [0.717, 1.165) is 6.42 Å². The first-order valence-corrected chi connectivity index (χ1v) is 6.31. The summed E-state index contributed by atoms with van der Waals surface area (Å²) in [5.41, 5.74) is 5.06. The summed E-state index contributed by atoms with van der Waals surface area (Å²) in [5, 5.41) is 2.88. The molecule has 0 radical (unpaired) electrons. The highest BCUT2D eigenvalue weighted by molar-refractivity contribution is 7.80. The van der Waals surface area contributed by atoms with Crippen LogP contribution in [0.2, 0.25) is 5.02 Å². The van der Waals surface area contributed by atoms with Gasteiger partial charge < -0.3 is 11.1 Å². The van der Waals surface area contributed by atoms with Gasteiger partial charge in [-0.3, -0.25) is 4.79 Å². The van der Waals surface area contributed by atoms with Gasteiger partial charge in [0, 0.05) is 0 Å². The minimum absolute atomic E-state index is 0.179. The van der Waals surface area contributed by atoms with E-state index in [4.69, 9.17) is 29.6 Å². The Morgan fingerprint density at radius 3 is 2.67 bits per heavy atom. The van der Waals surface area contributed by atoms with E-state index >= 15 is 0 Å². The van der Waals surface area contributed by atoms with Gasteiger partial charge in [-0.15, -0.1) is 0 Å². The number of carbonyl (C=O) groups excluding carboxylic acids is 1. The minimum Gasteiger partial charge on any atom is -0.392 e. The molecule has 3 N–H and O–H groups in total. The fourth-order valence-corrected chi connectivity index (χ4v) is 2.41. The van der Waals surface area contributed by atoms with Gasteiger partial charge in [-0.25, -0.2) is 4.39 Å². The summed E-state index contributed by atoms with van der Waals surface area (Å²) in [4.78, 5) is 12.3. The zero-order valence-electron chi connectivity index (χ0n) is 9.50. The highest BCUT2D eigenvalue weighted by Crippen LogP contribution is 2.42. The molecule has 1 fully saturated rings. The van der Waals surface area contributed by atoms with Gasteiger partial charge >= 0.3 is 0 Å². The SMILES string of the molecule is NC(=S)C1(C(=O)Nc2cc(F)ccc2Cl)CCC1. The number of rotatable bonds is 3. The second-order valence-corrected chi connectivity index (χ2v) is 5.23. The Balaban J connectivity index is 2.21. The second-order valence-electron chi connectivity index (χ2n) is 4.38. The number of benzene rings is 1.